The molecule has 1 N–H and O–H groups in total. The lowest BCUT2D eigenvalue weighted by Crippen LogP contribution is -2.52. The Bertz CT molecular complexity index is 606. The second-order valence-electron chi connectivity index (χ2n) is 6.87. The Labute approximate surface area is 143 Å². The highest BCUT2D eigenvalue weighted by molar-refractivity contribution is 5.81. The van der Waals surface area contributed by atoms with E-state index in [2.05, 4.69) is 24.3 Å². The van der Waals surface area contributed by atoms with Crippen molar-refractivity contribution in [2.24, 2.45) is 0 Å². The normalized spacial score (nSPS) is 22.0. The number of rotatable bonds is 3. The van der Waals surface area contributed by atoms with Crippen LogP contribution in [-0.2, 0) is 16.0 Å². The van der Waals surface area contributed by atoms with Gasteiger partial charge in [-0.05, 0) is 43.2 Å². The molecular formula is C19H26N2O3. The highest BCUT2D eigenvalue weighted by Crippen LogP contribution is 2.34. The van der Waals surface area contributed by atoms with Gasteiger partial charge in [0.15, 0.2) is 0 Å². The molecule has 1 aliphatic heterocycles. The van der Waals surface area contributed by atoms with Crippen LogP contribution in [0.15, 0.2) is 24.3 Å². The minimum absolute atomic E-state index is 0.181. The van der Waals surface area contributed by atoms with Gasteiger partial charge in [-0.1, -0.05) is 24.3 Å². The van der Waals surface area contributed by atoms with E-state index in [-0.39, 0.29) is 11.8 Å². The molecule has 0 radical (unpaired) electrons. The van der Waals surface area contributed by atoms with Gasteiger partial charge in [0.05, 0.1) is 0 Å². The Morgan fingerprint density at radius 2 is 1.83 bits per heavy atom. The highest BCUT2D eigenvalue weighted by Gasteiger charge is 2.28. The van der Waals surface area contributed by atoms with Gasteiger partial charge in [0.2, 0.25) is 5.91 Å². The summed E-state index contributed by atoms with van der Waals surface area (Å²) in [7, 11) is 0. The molecule has 0 spiro atoms. The first-order valence-corrected chi connectivity index (χ1v) is 8.88. The molecule has 0 aromatic heterocycles. The van der Waals surface area contributed by atoms with Gasteiger partial charge < -0.3 is 14.9 Å². The van der Waals surface area contributed by atoms with E-state index in [9.17, 15) is 14.7 Å². The summed E-state index contributed by atoms with van der Waals surface area (Å²) in [6, 6.07) is 8.46. The fraction of sp³-hybridized carbons (Fsp3) is 0.579. The fourth-order valence-electron chi connectivity index (χ4n) is 3.85. The van der Waals surface area contributed by atoms with Crippen molar-refractivity contribution in [3.05, 3.63) is 35.4 Å². The van der Waals surface area contributed by atoms with Crippen LogP contribution in [0.25, 0.3) is 0 Å². The van der Waals surface area contributed by atoms with Gasteiger partial charge in [0.1, 0.15) is 6.10 Å². The van der Waals surface area contributed by atoms with Crippen molar-refractivity contribution >= 4 is 11.8 Å². The zero-order valence-electron chi connectivity index (χ0n) is 14.3. The number of hydrogen-bond acceptors (Lipinski definition) is 3. The first kappa shape index (κ1) is 17.0. The Morgan fingerprint density at radius 3 is 2.54 bits per heavy atom. The summed E-state index contributed by atoms with van der Waals surface area (Å²) in [5, 5.41) is 9.39. The number of hydrogen-bond donors (Lipinski definition) is 1. The van der Waals surface area contributed by atoms with Crippen molar-refractivity contribution in [2.45, 2.75) is 44.6 Å². The maximum Gasteiger partial charge on any atom is 0.251 e. The smallest absolute Gasteiger partial charge is 0.251 e. The van der Waals surface area contributed by atoms with Crippen LogP contribution < -0.4 is 0 Å². The maximum absolute atomic E-state index is 12.7. The topological polar surface area (TPSA) is 60.9 Å². The molecule has 2 amide bonds. The van der Waals surface area contributed by atoms with E-state index in [0.717, 1.165) is 19.3 Å². The van der Waals surface area contributed by atoms with Gasteiger partial charge in [-0.2, -0.15) is 0 Å². The van der Waals surface area contributed by atoms with Gasteiger partial charge in [-0.25, -0.2) is 0 Å². The Morgan fingerprint density at radius 1 is 1.17 bits per heavy atom. The quantitative estimate of drug-likeness (QED) is 0.915. The first-order valence-electron chi connectivity index (χ1n) is 8.88. The third-order valence-corrected chi connectivity index (χ3v) is 5.22. The molecule has 2 atom stereocenters. The first-order chi connectivity index (χ1) is 11.6. The lowest BCUT2D eigenvalue weighted by molar-refractivity contribution is -0.144. The maximum atomic E-state index is 12.7. The van der Waals surface area contributed by atoms with Crippen molar-refractivity contribution in [3.8, 4) is 0 Å². The van der Waals surface area contributed by atoms with Crippen LogP contribution in [0, 0.1) is 0 Å². The third kappa shape index (κ3) is 3.61. The summed E-state index contributed by atoms with van der Waals surface area (Å²) in [4.78, 5) is 28.0. The predicted molar refractivity (Wildman–Crippen MR) is 91.6 cm³/mol. The number of aliphatic hydroxyl groups excluding tert-OH is 1. The summed E-state index contributed by atoms with van der Waals surface area (Å²) < 4.78 is 0. The summed E-state index contributed by atoms with van der Waals surface area (Å²) in [5.41, 5.74) is 2.72. The molecule has 0 saturated carbocycles. The van der Waals surface area contributed by atoms with Gasteiger partial charge >= 0.3 is 0 Å². The molecule has 2 unspecified atom stereocenters. The van der Waals surface area contributed by atoms with Crippen LogP contribution in [0.1, 0.15) is 43.2 Å². The fourth-order valence-corrected chi connectivity index (χ4v) is 3.85. The van der Waals surface area contributed by atoms with Crippen LogP contribution in [0.5, 0.6) is 0 Å². The van der Waals surface area contributed by atoms with Crippen molar-refractivity contribution in [1.82, 2.24) is 9.80 Å². The van der Waals surface area contributed by atoms with Gasteiger partial charge in [-0.3, -0.25) is 9.59 Å². The minimum atomic E-state index is -0.967. The zero-order valence-corrected chi connectivity index (χ0v) is 14.3. The molecule has 130 valence electrons. The molecule has 1 aromatic carbocycles. The number of fused-ring (bicyclic) bond motifs is 1. The Hall–Kier alpha value is -1.88. The molecule has 1 aliphatic carbocycles. The molecule has 24 heavy (non-hydrogen) atoms. The van der Waals surface area contributed by atoms with E-state index in [1.807, 2.05) is 4.90 Å². The molecule has 2 aliphatic rings. The second kappa shape index (κ2) is 7.34. The molecule has 1 fully saturated rings. The monoisotopic (exact) mass is 330 g/mol. The standard InChI is InChI=1S/C19H26N2O3/c1-14(22)19(24)21-11-9-20(10-12-21)18(23)13-16-7-4-6-15-5-2-3-8-17(15)16/h2-3,5,8,14,16,22H,4,6-7,9-13H2,1H3. The molecule has 1 aromatic rings. The minimum Gasteiger partial charge on any atom is -0.384 e. The van der Waals surface area contributed by atoms with Gasteiger partial charge in [0, 0.05) is 32.6 Å². The molecule has 0 bridgehead atoms. The third-order valence-electron chi connectivity index (χ3n) is 5.22. The number of amides is 2. The molecule has 1 heterocycles. The van der Waals surface area contributed by atoms with Crippen LogP contribution in [0.2, 0.25) is 0 Å². The second-order valence-corrected chi connectivity index (χ2v) is 6.87. The van der Waals surface area contributed by atoms with E-state index in [4.69, 9.17) is 0 Å². The van der Waals surface area contributed by atoms with Crippen LogP contribution in [-0.4, -0.2) is 59.0 Å². The summed E-state index contributed by atoms with van der Waals surface area (Å²) in [5.74, 6) is 0.253. The van der Waals surface area contributed by atoms with Crippen LogP contribution in [0.4, 0.5) is 0 Å². The molecule has 5 heteroatoms. The number of aliphatic hydroxyl groups is 1. The number of benzene rings is 1. The lowest BCUT2D eigenvalue weighted by Gasteiger charge is -2.36. The zero-order chi connectivity index (χ0) is 17.1. The van der Waals surface area contributed by atoms with E-state index in [0.29, 0.717) is 38.5 Å². The molecule has 1 saturated heterocycles. The van der Waals surface area contributed by atoms with E-state index >= 15 is 0 Å². The van der Waals surface area contributed by atoms with Crippen molar-refractivity contribution < 1.29 is 14.7 Å². The van der Waals surface area contributed by atoms with Crippen molar-refractivity contribution in [1.29, 1.82) is 0 Å². The number of nitrogens with zero attached hydrogens (tertiary/aromatic N) is 2. The lowest BCUT2D eigenvalue weighted by atomic mass is 9.81. The summed E-state index contributed by atoms with van der Waals surface area (Å²) in [6.07, 6.45) is 2.92. The van der Waals surface area contributed by atoms with Crippen molar-refractivity contribution in [2.75, 3.05) is 26.2 Å². The van der Waals surface area contributed by atoms with Crippen LogP contribution >= 0.6 is 0 Å². The van der Waals surface area contributed by atoms with Gasteiger partial charge in [0.25, 0.3) is 5.91 Å². The summed E-state index contributed by atoms with van der Waals surface area (Å²) in [6.45, 7) is 3.63. The van der Waals surface area contributed by atoms with E-state index in [1.165, 1.54) is 18.1 Å². The number of piperazine rings is 1. The molecular weight excluding hydrogens is 304 g/mol. The number of carbonyl (C=O) groups is 2. The Kier molecular flexibility index (Phi) is 5.19. The van der Waals surface area contributed by atoms with Gasteiger partial charge in [-0.15, -0.1) is 0 Å². The number of carbonyl (C=O) groups excluding carboxylic acids is 2. The molecule has 5 nitrogen and oxygen atoms in total. The summed E-state index contributed by atoms with van der Waals surface area (Å²) >= 11 is 0. The van der Waals surface area contributed by atoms with E-state index in [1.54, 1.807) is 4.90 Å². The molecule has 3 rings (SSSR count). The highest BCUT2D eigenvalue weighted by atomic mass is 16.3. The van der Waals surface area contributed by atoms with Crippen LogP contribution in [0.3, 0.4) is 0 Å². The SMILES string of the molecule is CC(O)C(=O)N1CCN(C(=O)CC2CCCc3ccccc32)CC1. The Balaban J connectivity index is 1.57. The average Bonchev–Trinajstić information content (AvgIpc) is 2.61. The average molecular weight is 330 g/mol. The predicted octanol–water partition coefficient (Wildman–Crippen LogP) is 1.55. The number of aryl methyl sites for hydroxylation is 1. The van der Waals surface area contributed by atoms with Crippen molar-refractivity contribution in [3.63, 3.8) is 0 Å². The largest absolute Gasteiger partial charge is 0.384 e. The van der Waals surface area contributed by atoms with E-state index < -0.39 is 6.10 Å².